The molecule has 3 heteroatoms. The summed E-state index contributed by atoms with van der Waals surface area (Å²) in [6.45, 7) is 1.16. The van der Waals surface area contributed by atoms with E-state index in [0.29, 0.717) is 5.92 Å². The lowest BCUT2D eigenvalue weighted by Gasteiger charge is -2.38. The molecule has 2 aliphatic carbocycles. The summed E-state index contributed by atoms with van der Waals surface area (Å²) in [6.07, 6.45) is 5.34. The number of rotatable bonds is 6. The molecular weight excluding hydrogens is 238 g/mol. The van der Waals surface area contributed by atoms with Gasteiger partial charge in [-0.2, -0.15) is 0 Å². The Morgan fingerprint density at radius 2 is 1.95 bits per heavy atom. The monoisotopic (exact) mass is 261 g/mol. The van der Waals surface area contributed by atoms with E-state index in [0.717, 1.165) is 30.0 Å². The first kappa shape index (κ1) is 12.8. The van der Waals surface area contributed by atoms with Gasteiger partial charge in [0.1, 0.15) is 11.5 Å². The van der Waals surface area contributed by atoms with Crippen molar-refractivity contribution >= 4 is 0 Å². The Labute approximate surface area is 115 Å². The molecule has 3 nitrogen and oxygen atoms in total. The zero-order chi connectivity index (χ0) is 13.2. The first-order valence-corrected chi connectivity index (χ1v) is 7.27. The van der Waals surface area contributed by atoms with Gasteiger partial charge in [0.05, 0.1) is 14.2 Å². The highest BCUT2D eigenvalue weighted by Gasteiger charge is 2.35. The average Bonchev–Trinajstić information content (AvgIpc) is 3.22. The van der Waals surface area contributed by atoms with Crippen LogP contribution < -0.4 is 14.8 Å². The topological polar surface area (TPSA) is 30.5 Å². The Morgan fingerprint density at radius 1 is 1.11 bits per heavy atom. The number of methoxy groups -OCH3 is 2. The second-order valence-electron chi connectivity index (χ2n) is 5.73. The van der Waals surface area contributed by atoms with E-state index in [1.54, 1.807) is 14.2 Å². The van der Waals surface area contributed by atoms with Gasteiger partial charge >= 0.3 is 0 Å². The standard InChI is InChI=1S/C16H23NO2/c1-18-13-6-8-15(16(9-13)19-2)14-7-3-11(14)10-17-12-4-5-12/h6,8-9,11-12,14,17H,3-5,7,10H2,1-2H3. The summed E-state index contributed by atoms with van der Waals surface area (Å²) in [5.41, 5.74) is 1.34. The smallest absolute Gasteiger partial charge is 0.126 e. The Bertz CT molecular complexity index is 442. The van der Waals surface area contributed by atoms with Gasteiger partial charge in [-0.25, -0.2) is 0 Å². The van der Waals surface area contributed by atoms with Crippen molar-refractivity contribution in [2.45, 2.75) is 37.6 Å². The van der Waals surface area contributed by atoms with Crippen LogP contribution in [-0.4, -0.2) is 26.8 Å². The third-order valence-electron chi connectivity index (χ3n) is 4.50. The van der Waals surface area contributed by atoms with Crippen LogP contribution in [0.4, 0.5) is 0 Å². The lowest BCUT2D eigenvalue weighted by molar-refractivity contribution is 0.239. The number of benzene rings is 1. The summed E-state index contributed by atoms with van der Waals surface area (Å²) in [7, 11) is 3.44. The normalized spacial score (nSPS) is 25.8. The fraction of sp³-hybridized carbons (Fsp3) is 0.625. The van der Waals surface area contributed by atoms with Gasteiger partial charge in [0.15, 0.2) is 0 Å². The van der Waals surface area contributed by atoms with Crippen LogP contribution in [0.3, 0.4) is 0 Å². The van der Waals surface area contributed by atoms with Crippen molar-refractivity contribution in [3.63, 3.8) is 0 Å². The highest BCUT2D eigenvalue weighted by molar-refractivity contribution is 5.43. The molecular formula is C16H23NO2. The third-order valence-corrected chi connectivity index (χ3v) is 4.50. The maximum absolute atomic E-state index is 5.53. The molecule has 2 unspecified atom stereocenters. The van der Waals surface area contributed by atoms with Crippen LogP contribution >= 0.6 is 0 Å². The summed E-state index contributed by atoms with van der Waals surface area (Å²) < 4.78 is 10.8. The molecule has 0 heterocycles. The van der Waals surface area contributed by atoms with E-state index in [-0.39, 0.29) is 0 Å². The molecule has 0 spiro atoms. The molecule has 2 aliphatic rings. The SMILES string of the molecule is COc1ccc(C2CCC2CNC2CC2)c(OC)c1. The zero-order valence-electron chi connectivity index (χ0n) is 11.8. The van der Waals surface area contributed by atoms with Crippen molar-refractivity contribution in [1.82, 2.24) is 5.32 Å². The molecule has 0 radical (unpaired) electrons. The molecule has 3 rings (SSSR count). The van der Waals surface area contributed by atoms with Gasteiger partial charge in [0, 0.05) is 12.1 Å². The van der Waals surface area contributed by atoms with Crippen molar-refractivity contribution in [3.05, 3.63) is 23.8 Å². The highest BCUT2D eigenvalue weighted by Crippen LogP contribution is 2.46. The summed E-state index contributed by atoms with van der Waals surface area (Å²) in [4.78, 5) is 0. The summed E-state index contributed by atoms with van der Waals surface area (Å²) in [6, 6.07) is 7.02. The number of hydrogen-bond donors (Lipinski definition) is 1. The van der Waals surface area contributed by atoms with Gasteiger partial charge in [-0.3, -0.25) is 0 Å². The molecule has 0 bridgehead atoms. The van der Waals surface area contributed by atoms with Crippen LogP contribution in [0.5, 0.6) is 11.5 Å². The Kier molecular flexibility index (Phi) is 3.65. The van der Waals surface area contributed by atoms with Crippen LogP contribution in [0, 0.1) is 5.92 Å². The van der Waals surface area contributed by atoms with Crippen LogP contribution in [0.15, 0.2) is 18.2 Å². The minimum absolute atomic E-state index is 0.645. The van der Waals surface area contributed by atoms with Gasteiger partial charge in [0.2, 0.25) is 0 Å². The van der Waals surface area contributed by atoms with E-state index in [1.165, 1.54) is 31.2 Å². The quantitative estimate of drug-likeness (QED) is 0.854. The molecule has 0 aromatic heterocycles. The lowest BCUT2D eigenvalue weighted by atomic mass is 9.69. The fourth-order valence-corrected chi connectivity index (χ4v) is 2.95. The molecule has 1 N–H and O–H groups in total. The maximum Gasteiger partial charge on any atom is 0.126 e. The molecule has 104 valence electrons. The second-order valence-corrected chi connectivity index (χ2v) is 5.73. The second kappa shape index (κ2) is 5.41. The number of ether oxygens (including phenoxy) is 2. The molecule has 0 saturated heterocycles. The molecule has 1 aromatic carbocycles. The minimum atomic E-state index is 0.645. The van der Waals surface area contributed by atoms with Crippen LogP contribution in [0.25, 0.3) is 0 Å². The van der Waals surface area contributed by atoms with E-state index >= 15 is 0 Å². The average molecular weight is 261 g/mol. The van der Waals surface area contributed by atoms with Crippen molar-refractivity contribution in [2.24, 2.45) is 5.92 Å². The molecule has 1 aromatic rings. The van der Waals surface area contributed by atoms with Gasteiger partial charge in [-0.15, -0.1) is 0 Å². The van der Waals surface area contributed by atoms with Crippen molar-refractivity contribution in [1.29, 1.82) is 0 Å². The summed E-state index contributed by atoms with van der Waals surface area (Å²) >= 11 is 0. The first-order chi connectivity index (χ1) is 9.31. The van der Waals surface area contributed by atoms with Gasteiger partial charge in [0.25, 0.3) is 0 Å². The predicted octanol–water partition coefficient (Wildman–Crippen LogP) is 2.95. The molecule has 0 amide bonds. The van der Waals surface area contributed by atoms with Crippen molar-refractivity contribution in [2.75, 3.05) is 20.8 Å². The molecule has 2 atom stereocenters. The lowest BCUT2D eigenvalue weighted by Crippen LogP contribution is -2.34. The fourth-order valence-electron chi connectivity index (χ4n) is 2.95. The Hall–Kier alpha value is -1.22. The molecule has 19 heavy (non-hydrogen) atoms. The Morgan fingerprint density at radius 3 is 2.53 bits per heavy atom. The Balaban J connectivity index is 1.69. The molecule has 0 aliphatic heterocycles. The highest BCUT2D eigenvalue weighted by atomic mass is 16.5. The van der Waals surface area contributed by atoms with Crippen LogP contribution in [-0.2, 0) is 0 Å². The first-order valence-electron chi connectivity index (χ1n) is 7.27. The third kappa shape index (κ3) is 2.71. The molecule has 2 fully saturated rings. The summed E-state index contributed by atoms with van der Waals surface area (Å²) in [5.74, 6) is 3.25. The van der Waals surface area contributed by atoms with E-state index in [1.807, 2.05) is 12.1 Å². The van der Waals surface area contributed by atoms with Gasteiger partial charge < -0.3 is 14.8 Å². The van der Waals surface area contributed by atoms with Gasteiger partial charge in [-0.1, -0.05) is 6.07 Å². The minimum Gasteiger partial charge on any atom is -0.497 e. The maximum atomic E-state index is 5.53. The number of hydrogen-bond acceptors (Lipinski definition) is 3. The van der Waals surface area contributed by atoms with E-state index in [2.05, 4.69) is 11.4 Å². The number of nitrogens with one attached hydrogen (secondary N) is 1. The van der Waals surface area contributed by atoms with E-state index < -0.39 is 0 Å². The molecule has 2 saturated carbocycles. The van der Waals surface area contributed by atoms with Crippen molar-refractivity contribution < 1.29 is 9.47 Å². The van der Waals surface area contributed by atoms with Crippen LogP contribution in [0.1, 0.15) is 37.2 Å². The van der Waals surface area contributed by atoms with E-state index in [9.17, 15) is 0 Å². The predicted molar refractivity (Wildman–Crippen MR) is 76.0 cm³/mol. The summed E-state index contributed by atoms with van der Waals surface area (Å²) in [5, 5.41) is 3.65. The van der Waals surface area contributed by atoms with E-state index in [4.69, 9.17) is 9.47 Å². The van der Waals surface area contributed by atoms with Crippen molar-refractivity contribution in [3.8, 4) is 11.5 Å². The van der Waals surface area contributed by atoms with Gasteiger partial charge in [-0.05, 0) is 55.7 Å². The van der Waals surface area contributed by atoms with Crippen LogP contribution in [0.2, 0.25) is 0 Å². The largest absolute Gasteiger partial charge is 0.497 e. The zero-order valence-corrected chi connectivity index (χ0v) is 11.8.